The summed E-state index contributed by atoms with van der Waals surface area (Å²) in [6.07, 6.45) is 3.74. The van der Waals surface area contributed by atoms with Gasteiger partial charge in [0.15, 0.2) is 0 Å². The van der Waals surface area contributed by atoms with Gasteiger partial charge in [0.1, 0.15) is 0 Å². The van der Waals surface area contributed by atoms with E-state index in [1.807, 2.05) is 16.9 Å². The summed E-state index contributed by atoms with van der Waals surface area (Å²) < 4.78 is 2.75. The van der Waals surface area contributed by atoms with Crippen LogP contribution in [0, 0.1) is 11.3 Å². The summed E-state index contributed by atoms with van der Waals surface area (Å²) in [7, 11) is 0. The lowest BCUT2D eigenvalue weighted by Gasteiger charge is -2.07. The molecule has 0 aliphatic heterocycles. The van der Waals surface area contributed by atoms with Gasteiger partial charge < -0.3 is 5.32 Å². The predicted molar refractivity (Wildman–Crippen MR) is 74.8 cm³/mol. The Morgan fingerprint density at radius 1 is 1.44 bits per heavy atom. The first-order valence-electron chi connectivity index (χ1n) is 5.61. The number of rotatable bonds is 3. The zero-order chi connectivity index (χ0) is 13.1. The zero-order valence-corrected chi connectivity index (χ0v) is 11.8. The Bertz CT molecular complexity index is 595. The SMILES string of the molecule is CC(C)n1cc(Nc2ccc(C#N)cc2Br)cn1. The molecule has 4 nitrogen and oxygen atoms in total. The van der Waals surface area contributed by atoms with E-state index in [0.29, 0.717) is 11.6 Å². The first-order chi connectivity index (χ1) is 8.60. The van der Waals surface area contributed by atoms with Crippen molar-refractivity contribution in [2.24, 2.45) is 0 Å². The summed E-state index contributed by atoms with van der Waals surface area (Å²) in [4.78, 5) is 0. The molecule has 0 fully saturated rings. The van der Waals surface area contributed by atoms with Crippen molar-refractivity contribution in [3.8, 4) is 6.07 Å². The average Bonchev–Trinajstić information content (AvgIpc) is 2.80. The maximum atomic E-state index is 8.80. The number of nitrogens with one attached hydrogen (secondary N) is 1. The molecule has 0 saturated heterocycles. The van der Waals surface area contributed by atoms with E-state index in [-0.39, 0.29) is 0 Å². The van der Waals surface area contributed by atoms with Gasteiger partial charge in [0, 0.05) is 16.7 Å². The Labute approximate surface area is 114 Å². The molecule has 0 aliphatic carbocycles. The molecule has 2 rings (SSSR count). The fraction of sp³-hybridized carbons (Fsp3) is 0.231. The summed E-state index contributed by atoms with van der Waals surface area (Å²) >= 11 is 3.44. The largest absolute Gasteiger partial charge is 0.352 e. The Hall–Kier alpha value is -1.80. The number of aromatic nitrogens is 2. The normalized spacial score (nSPS) is 10.4. The van der Waals surface area contributed by atoms with Crippen LogP contribution in [0.1, 0.15) is 25.5 Å². The predicted octanol–water partition coefficient (Wildman–Crippen LogP) is 3.84. The van der Waals surface area contributed by atoms with Crippen LogP contribution in [0.5, 0.6) is 0 Å². The molecule has 2 aromatic rings. The fourth-order valence-electron chi connectivity index (χ4n) is 1.53. The van der Waals surface area contributed by atoms with Gasteiger partial charge in [0.25, 0.3) is 0 Å². The molecule has 0 radical (unpaired) electrons. The van der Waals surface area contributed by atoms with Crippen molar-refractivity contribution >= 4 is 27.3 Å². The molecular formula is C13H13BrN4. The molecule has 0 unspecified atom stereocenters. The molecule has 18 heavy (non-hydrogen) atoms. The third-order valence-corrected chi connectivity index (χ3v) is 3.16. The summed E-state index contributed by atoms with van der Waals surface area (Å²) in [5.41, 5.74) is 2.47. The van der Waals surface area contributed by atoms with Crippen molar-refractivity contribution in [1.29, 1.82) is 5.26 Å². The van der Waals surface area contributed by atoms with Crippen LogP contribution in [-0.2, 0) is 0 Å². The molecule has 92 valence electrons. The second kappa shape index (κ2) is 5.23. The highest BCUT2D eigenvalue weighted by molar-refractivity contribution is 9.10. The van der Waals surface area contributed by atoms with Gasteiger partial charge in [0.05, 0.1) is 29.2 Å². The zero-order valence-electron chi connectivity index (χ0n) is 10.2. The molecule has 5 heteroatoms. The van der Waals surface area contributed by atoms with Crippen LogP contribution < -0.4 is 5.32 Å². The van der Waals surface area contributed by atoms with Crippen LogP contribution in [0.15, 0.2) is 35.1 Å². The molecule has 1 aromatic heterocycles. The van der Waals surface area contributed by atoms with Crippen LogP contribution in [0.4, 0.5) is 11.4 Å². The van der Waals surface area contributed by atoms with E-state index in [2.05, 4.69) is 46.3 Å². The molecule has 1 heterocycles. The number of hydrogen-bond acceptors (Lipinski definition) is 3. The molecule has 1 aromatic carbocycles. The number of benzene rings is 1. The lowest BCUT2D eigenvalue weighted by atomic mass is 10.2. The Morgan fingerprint density at radius 2 is 2.22 bits per heavy atom. The highest BCUT2D eigenvalue weighted by atomic mass is 79.9. The molecule has 0 amide bonds. The van der Waals surface area contributed by atoms with Crippen molar-refractivity contribution in [2.45, 2.75) is 19.9 Å². The minimum absolute atomic E-state index is 0.338. The van der Waals surface area contributed by atoms with Gasteiger partial charge in [-0.25, -0.2) is 0 Å². The van der Waals surface area contributed by atoms with Crippen molar-refractivity contribution in [1.82, 2.24) is 9.78 Å². The first-order valence-corrected chi connectivity index (χ1v) is 6.40. The van der Waals surface area contributed by atoms with E-state index in [4.69, 9.17) is 5.26 Å². The van der Waals surface area contributed by atoms with Gasteiger partial charge in [-0.2, -0.15) is 10.4 Å². The number of nitriles is 1. The standard InChI is InChI=1S/C13H13BrN4/c1-9(2)18-8-11(7-16-18)17-13-4-3-10(6-15)5-12(13)14/h3-5,7-9,17H,1-2H3. The minimum Gasteiger partial charge on any atom is -0.352 e. The van der Waals surface area contributed by atoms with Crippen LogP contribution in [0.25, 0.3) is 0 Å². The summed E-state index contributed by atoms with van der Waals surface area (Å²) in [5, 5.41) is 16.3. The van der Waals surface area contributed by atoms with Crippen molar-refractivity contribution in [2.75, 3.05) is 5.32 Å². The second-order valence-corrected chi connectivity index (χ2v) is 5.09. The Balaban J connectivity index is 2.21. The van der Waals surface area contributed by atoms with Gasteiger partial charge in [-0.3, -0.25) is 4.68 Å². The van der Waals surface area contributed by atoms with Crippen molar-refractivity contribution < 1.29 is 0 Å². The van der Waals surface area contributed by atoms with E-state index < -0.39 is 0 Å². The quantitative estimate of drug-likeness (QED) is 0.937. The molecule has 1 N–H and O–H groups in total. The molecule has 0 aliphatic rings. The van der Waals surface area contributed by atoms with Gasteiger partial charge in [-0.15, -0.1) is 0 Å². The molecule has 0 bridgehead atoms. The van der Waals surface area contributed by atoms with Gasteiger partial charge in [0.2, 0.25) is 0 Å². The topological polar surface area (TPSA) is 53.6 Å². The average molecular weight is 305 g/mol. The first kappa shape index (κ1) is 12.7. The van der Waals surface area contributed by atoms with Crippen LogP contribution in [0.3, 0.4) is 0 Å². The molecule has 0 atom stereocenters. The lowest BCUT2D eigenvalue weighted by molar-refractivity contribution is 0.532. The maximum absolute atomic E-state index is 8.80. The van der Waals surface area contributed by atoms with Gasteiger partial charge >= 0.3 is 0 Å². The lowest BCUT2D eigenvalue weighted by Crippen LogP contribution is -2.00. The second-order valence-electron chi connectivity index (χ2n) is 4.23. The van der Waals surface area contributed by atoms with Gasteiger partial charge in [-0.1, -0.05) is 0 Å². The van der Waals surface area contributed by atoms with E-state index in [0.717, 1.165) is 15.8 Å². The Morgan fingerprint density at radius 3 is 2.78 bits per heavy atom. The highest BCUT2D eigenvalue weighted by Gasteiger charge is 2.05. The third kappa shape index (κ3) is 2.71. The molecule has 0 saturated carbocycles. The third-order valence-electron chi connectivity index (χ3n) is 2.51. The fourth-order valence-corrected chi connectivity index (χ4v) is 2.00. The van der Waals surface area contributed by atoms with Gasteiger partial charge in [-0.05, 0) is 48.0 Å². The summed E-state index contributed by atoms with van der Waals surface area (Å²) in [5.74, 6) is 0. The van der Waals surface area contributed by atoms with Crippen LogP contribution in [-0.4, -0.2) is 9.78 Å². The smallest absolute Gasteiger partial charge is 0.0992 e. The van der Waals surface area contributed by atoms with Crippen molar-refractivity contribution in [3.05, 3.63) is 40.6 Å². The molecule has 0 spiro atoms. The van der Waals surface area contributed by atoms with E-state index in [1.165, 1.54) is 0 Å². The van der Waals surface area contributed by atoms with E-state index >= 15 is 0 Å². The summed E-state index contributed by atoms with van der Waals surface area (Å²) in [6, 6.07) is 7.88. The number of anilines is 2. The highest BCUT2D eigenvalue weighted by Crippen LogP contribution is 2.26. The van der Waals surface area contributed by atoms with Crippen LogP contribution in [0.2, 0.25) is 0 Å². The number of halogens is 1. The minimum atomic E-state index is 0.338. The summed E-state index contributed by atoms with van der Waals surface area (Å²) in [6.45, 7) is 4.16. The number of hydrogen-bond donors (Lipinski definition) is 1. The van der Waals surface area contributed by atoms with Crippen molar-refractivity contribution in [3.63, 3.8) is 0 Å². The maximum Gasteiger partial charge on any atom is 0.0992 e. The van der Waals surface area contributed by atoms with Crippen LogP contribution >= 0.6 is 15.9 Å². The molecular weight excluding hydrogens is 292 g/mol. The van der Waals surface area contributed by atoms with E-state index in [9.17, 15) is 0 Å². The van der Waals surface area contributed by atoms with E-state index in [1.54, 1.807) is 18.3 Å². The monoisotopic (exact) mass is 304 g/mol. The number of nitrogens with zero attached hydrogens (tertiary/aromatic N) is 3. The Kier molecular flexibility index (Phi) is 3.68.